The van der Waals surface area contributed by atoms with E-state index in [0.717, 1.165) is 64.5 Å². The Morgan fingerprint density at radius 3 is 2.58 bits per heavy atom. The van der Waals surface area contributed by atoms with Crippen molar-refractivity contribution in [2.45, 2.75) is 87.9 Å². The molecule has 2 aromatic heterocycles. The third kappa shape index (κ3) is 6.34. The van der Waals surface area contributed by atoms with Crippen LogP contribution in [0, 0.1) is 24.0 Å². The number of halogens is 2. The number of carbonyl (C=O) groups excluding carboxylic acids is 2. The number of amides is 2. The number of ether oxygens (including phenoxy) is 1. The Labute approximate surface area is 329 Å². The maximum Gasteiger partial charge on any atom is 0.319 e. The first-order valence-electron chi connectivity index (χ1n) is 19.9. The number of benzene rings is 2. The lowest BCUT2D eigenvalue weighted by molar-refractivity contribution is -0.131. The van der Waals surface area contributed by atoms with Crippen LogP contribution in [0.5, 0.6) is 11.8 Å². The van der Waals surface area contributed by atoms with Crippen LogP contribution in [0.2, 0.25) is 0 Å². The van der Waals surface area contributed by atoms with Crippen molar-refractivity contribution >= 4 is 39.3 Å². The van der Waals surface area contributed by atoms with Gasteiger partial charge in [-0.05, 0) is 107 Å². The number of carbonyl (C=O) groups is 2. The maximum absolute atomic E-state index is 17.2. The number of pyridine rings is 1. The Kier molecular flexibility index (Phi) is 9.15. The second kappa shape index (κ2) is 14.1. The average Bonchev–Trinajstić information content (AvgIpc) is 3.86. The molecule has 294 valence electrons. The standard InChI is InChI=1S/C44H45F2N7O4/c1-4-31-34(45)13-10-26-19-30(54)20-32(36(26)31)38-37(46)39-33(22-47-38)40(49-42(48-39)57-25-44-15-7-17-52(44)18-8-16-44)51-23-28-11-12-29(24-51)53(28)41(56)27-9-6-14-43(3,21-27)50-35(55)5-2/h1,5,10,13,19-22,28-29,54H,2,6-9,11-12,14-18,23-25H2,3H3,(H,50,55). The zero-order valence-electron chi connectivity index (χ0n) is 32.0. The highest BCUT2D eigenvalue weighted by atomic mass is 19.1. The predicted molar refractivity (Wildman–Crippen MR) is 213 cm³/mol. The van der Waals surface area contributed by atoms with Gasteiger partial charge in [0, 0.05) is 35.8 Å². The van der Waals surface area contributed by atoms with E-state index in [1.807, 2.05) is 17.9 Å². The minimum atomic E-state index is -0.783. The summed E-state index contributed by atoms with van der Waals surface area (Å²) < 4.78 is 38.6. The Morgan fingerprint density at radius 1 is 1.11 bits per heavy atom. The number of terminal acetylenes is 1. The van der Waals surface area contributed by atoms with E-state index < -0.39 is 17.2 Å². The molecular formula is C44H45F2N7O4. The van der Waals surface area contributed by atoms with Crippen LogP contribution in [0.4, 0.5) is 14.6 Å². The molecule has 13 heteroatoms. The van der Waals surface area contributed by atoms with E-state index in [0.29, 0.717) is 48.3 Å². The Balaban J connectivity index is 1.10. The van der Waals surface area contributed by atoms with Gasteiger partial charge in [-0.3, -0.25) is 19.5 Å². The average molecular weight is 774 g/mol. The second-order valence-electron chi connectivity index (χ2n) is 16.5. The van der Waals surface area contributed by atoms with Gasteiger partial charge in [0.25, 0.3) is 0 Å². The fourth-order valence-corrected chi connectivity index (χ4v) is 10.3. The number of nitrogens with zero attached hydrogens (tertiary/aromatic N) is 6. The summed E-state index contributed by atoms with van der Waals surface area (Å²) in [6.07, 6.45) is 18.3. The smallest absolute Gasteiger partial charge is 0.319 e. The number of hydrogen-bond donors (Lipinski definition) is 2. The number of rotatable bonds is 8. The van der Waals surface area contributed by atoms with Gasteiger partial charge >= 0.3 is 6.01 Å². The topological polar surface area (TPSA) is 124 Å². The van der Waals surface area contributed by atoms with Crippen molar-refractivity contribution in [3.8, 4) is 35.4 Å². The molecule has 3 unspecified atom stereocenters. The fourth-order valence-electron chi connectivity index (χ4n) is 10.3. The Bertz CT molecular complexity index is 2410. The molecule has 0 saturated carbocycles. The molecule has 2 amide bonds. The monoisotopic (exact) mass is 773 g/mol. The van der Waals surface area contributed by atoms with Gasteiger partial charge in [-0.15, -0.1) is 6.42 Å². The molecule has 2 N–H and O–H groups in total. The molecule has 4 fully saturated rings. The van der Waals surface area contributed by atoms with Gasteiger partial charge in [-0.25, -0.2) is 8.78 Å². The van der Waals surface area contributed by atoms with Crippen LogP contribution in [0.25, 0.3) is 32.9 Å². The third-order valence-corrected chi connectivity index (χ3v) is 12.9. The number of phenols is 1. The second-order valence-corrected chi connectivity index (χ2v) is 16.5. The summed E-state index contributed by atoms with van der Waals surface area (Å²) in [5, 5.41) is 14.7. The minimum Gasteiger partial charge on any atom is -0.508 e. The van der Waals surface area contributed by atoms with E-state index in [4.69, 9.17) is 16.1 Å². The van der Waals surface area contributed by atoms with Gasteiger partial charge in [0.2, 0.25) is 11.8 Å². The SMILES string of the molecule is C#Cc1c(F)ccc2cc(O)cc(-c3ncc4c(N5CC6CCC(C5)N6C(=O)C5=CC(C)(NC(=O)C=C)CCC5)nc(OCC56CCCN5CCC6)nc4c3F)c12. The number of fused-ring (bicyclic) bond motifs is 5. The lowest BCUT2D eigenvalue weighted by Crippen LogP contribution is -2.57. The number of piperazine rings is 1. The predicted octanol–water partition coefficient (Wildman–Crippen LogP) is 6.17. The van der Waals surface area contributed by atoms with Crippen molar-refractivity contribution in [1.82, 2.24) is 30.1 Å². The van der Waals surface area contributed by atoms with Crippen molar-refractivity contribution in [2.24, 2.45) is 0 Å². The van der Waals surface area contributed by atoms with Crippen molar-refractivity contribution in [3.63, 3.8) is 0 Å². The van der Waals surface area contributed by atoms with Crippen LogP contribution in [0.3, 0.4) is 0 Å². The highest BCUT2D eigenvalue weighted by Gasteiger charge is 2.46. The molecule has 4 aliphatic heterocycles. The van der Waals surface area contributed by atoms with Crippen LogP contribution >= 0.6 is 0 Å². The number of hydrogen-bond acceptors (Lipinski definition) is 9. The van der Waals surface area contributed by atoms with Crippen molar-refractivity contribution in [2.75, 3.05) is 37.7 Å². The van der Waals surface area contributed by atoms with Gasteiger partial charge in [-0.1, -0.05) is 24.6 Å². The quantitative estimate of drug-likeness (QED) is 0.160. The number of phenolic OH excluding ortho intramolecular Hbond substituents is 1. The van der Waals surface area contributed by atoms with Gasteiger partial charge in [0.1, 0.15) is 35.2 Å². The molecule has 57 heavy (non-hydrogen) atoms. The fraction of sp³-hybridized carbons (Fsp3) is 0.432. The first-order chi connectivity index (χ1) is 27.5. The van der Waals surface area contributed by atoms with Crippen molar-refractivity contribution in [1.29, 1.82) is 0 Å². The highest BCUT2D eigenvalue weighted by Crippen LogP contribution is 2.43. The molecular weight excluding hydrogens is 729 g/mol. The molecule has 1 aliphatic carbocycles. The summed E-state index contributed by atoms with van der Waals surface area (Å²) in [4.78, 5) is 47.1. The molecule has 4 aromatic rings. The van der Waals surface area contributed by atoms with E-state index in [9.17, 15) is 14.7 Å². The summed E-state index contributed by atoms with van der Waals surface area (Å²) in [6, 6.07) is 5.27. The summed E-state index contributed by atoms with van der Waals surface area (Å²) in [5.74, 6) is 0.962. The Morgan fingerprint density at radius 2 is 1.86 bits per heavy atom. The molecule has 4 saturated heterocycles. The molecule has 0 spiro atoms. The minimum absolute atomic E-state index is 0.0205. The van der Waals surface area contributed by atoms with Crippen LogP contribution in [0.1, 0.15) is 70.3 Å². The molecule has 0 radical (unpaired) electrons. The van der Waals surface area contributed by atoms with E-state index >= 15 is 8.78 Å². The number of nitrogens with one attached hydrogen (secondary N) is 1. The Hall–Kier alpha value is -5.61. The molecule has 2 aromatic carbocycles. The number of aromatic nitrogens is 3. The van der Waals surface area contributed by atoms with Crippen LogP contribution < -0.4 is 15.0 Å². The highest BCUT2D eigenvalue weighted by molar-refractivity contribution is 6.03. The third-order valence-electron chi connectivity index (χ3n) is 12.9. The number of anilines is 1. The van der Waals surface area contributed by atoms with E-state index in [1.54, 1.807) is 0 Å². The zero-order valence-corrected chi connectivity index (χ0v) is 32.0. The lowest BCUT2D eigenvalue weighted by Gasteiger charge is -2.43. The lowest BCUT2D eigenvalue weighted by atomic mass is 9.84. The van der Waals surface area contributed by atoms with Gasteiger partial charge < -0.3 is 25.0 Å². The van der Waals surface area contributed by atoms with Crippen molar-refractivity contribution < 1.29 is 28.2 Å². The summed E-state index contributed by atoms with van der Waals surface area (Å²) in [7, 11) is 0. The van der Waals surface area contributed by atoms with Crippen LogP contribution in [-0.2, 0) is 9.59 Å². The molecule has 2 bridgehead atoms. The summed E-state index contributed by atoms with van der Waals surface area (Å²) >= 11 is 0. The molecule has 6 heterocycles. The summed E-state index contributed by atoms with van der Waals surface area (Å²) in [5.41, 5.74) is -0.165. The van der Waals surface area contributed by atoms with Gasteiger partial charge in [0.15, 0.2) is 5.82 Å². The largest absolute Gasteiger partial charge is 0.508 e. The first kappa shape index (κ1) is 37.0. The van der Waals surface area contributed by atoms with Crippen molar-refractivity contribution in [3.05, 3.63) is 72.0 Å². The van der Waals surface area contributed by atoms with Gasteiger partial charge in [0.05, 0.1) is 34.1 Å². The zero-order chi connectivity index (χ0) is 39.6. The van der Waals surface area contributed by atoms with E-state index in [1.165, 1.54) is 36.5 Å². The number of aromatic hydroxyl groups is 1. The normalized spacial score (nSPS) is 24.0. The van der Waals surface area contributed by atoms with E-state index in [-0.39, 0.29) is 68.9 Å². The molecule has 5 aliphatic rings. The van der Waals surface area contributed by atoms with E-state index in [2.05, 4.69) is 37.6 Å². The summed E-state index contributed by atoms with van der Waals surface area (Å²) in [6.45, 7) is 8.80. The first-order valence-corrected chi connectivity index (χ1v) is 19.9. The van der Waals surface area contributed by atoms with Gasteiger partial charge in [-0.2, -0.15) is 9.97 Å². The van der Waals surface area contributed by atoms with Crippen LogP contribution in [0.15, 0.2) is 54.8 Å². The molecule has 11 nitrogen and oxygen atoms in total. The molecule has 3 atom stereocenters. The van der Waals surface area contributed by atoms with Crippen LogP contribution in [-0.4, -0.2) is 97.6 Å². The molecule has 9 rings (SSSR count). The maximum atomic E-state index is 17.2.